The molecule has 1 aromatic heterocycles. The molecule has 0 spiro atoms. The van der Waals surface area contributed by atoms with Gasteiger partial charge in [-0.2, -0.15) is 0 Å². The Balaban J connectivity index is 1.92. The summed E-state index contributed by atoms with van der Waals surface area (Å²) in [4.78, 5) is 30.7. The number of amides is 1. The number of carbonyl (C=O) groups is 1. The molecule has 0 saturated carbocycles. The molecule has 30 heavy (non-hydrogen) atoms. The maximum absolute atomic E-state index is 13.1. The normalized spacial score (nSPS) is 13.1. The number of fused-ring (bicyclic) bond motifs is 1. The van der Waals surface area contributed by atoms with Gasteiger partial charge in [0.05, 0.1) is 29.0 Å². The predicted molar refractivity (Wildman–Crippen MR) is 123 cm³/mol. The first-order valence-corrected chi connectivity index (χ1v) is 10.9. The number of hydrogen-bond donors (Lipinski definition) is 1. The quantitative estimate of drug-likeness (QED) is 0.435. The average molecular weight is 426 g/mol. The monoisotopic (exact) mass is 425 g/mol. The maximum atomic E-state index is 13.1. The zero-order valence-corrected chi connectivity index (χ0v) is 18.7. The molecule has 2 atom stereocenters. The van der Waals surface area contributed by atoms with E-state index in [1.54, 1.807) is 17.7 Å². The molecule has 3 aromatic rings. The molecule has 0 radical (unpaired) electrons. The highest BCUT2D eigenvalue weighted by Gasteiger charge is 2.22. The SMILES string of the molecule is CC[C@@H](C)n1c(S[C@H](C)C(=O)Nc2cc(C)ccc2OC)nc2ccccc2c1=O. The second-order valence-electron chi connectivity index (χ2n) is 7.30. The van der Waals surface area contributed by atoms with Crippen molar-refractivity contribution in [1.82, 2.24) is 9.55 Å². The highest BCUT2D eigenvalue weighted by Crippen LogP contribution is 2.29. The van der Waals surface area contributed by atoms with Crippen LogP contribution in [0.3, 0.4) is 0 Å². The van der Waals surface area contributed by atoms with Crippen molar-refractivity contribution in [2.75, 3.05) is 12.4 Å². The number of nitrogens with one attached hydrogen (secondary N) is 1. The second kappa shape index (κ2) is 9.34. The maximum Gasteiger partial charge on any atom is 0.262 e. The van der Waals surface area contributed by atoms with Crippen LogP contribution >= 0.6 is 11.8 Å². The molecule has 7 heteroatoms. The lowest BCUT2D eigenvalue weighted by Gasteiger charge is -2.20. The fourth-order valence-corrected chi connectivity index (χ4v) is 4.16. The van der Waals surface area contributed by atoms with Crippen LogP contribution in [0.4, 0.5) is 5.69 Å². The van der Waals surface area contributed by atoms with Crippen molar-refractivity contribution >= 4 is 34.3 Å². The van der Waals surface area contributed by atoms with E-state index in [0.717, 1.165) is 12.0 Å². The molecule has 1 N–H and O–H groups in total. The van der Waals surface area contributed by atoms with Gasteiger partial charge in [-0.1, -0.05) is 36.9 Å². The van der Waals surface area contributed by atoms with Crippen molar-refractivity contribution in [3.63, 3.8) is 0 Å². The minimum absolute atomic E-state index is 0.0239. The number of carbonyl (C=O) groups excluding carboxylic acids is 1. The van der Waals surface area contributed by atoms with Gasteiger partial charge in [-0.15, -0.1) is 0 Å². The summed E-state index contributed by atoms with van der Waals surface area (Å²) in [5.74, 6) is 0.425. The lowest BCUT2D eigenvalue weighted by atomic mass is 10.2. The van der Waals surface area contributed by atoms with E-state index in [0.29, 0.717) is 27.5 Å². The van der Waals surface area contributed by atoms with E-state index < -0.39 is 5.25 Å². The molecule has 1 heterocycles. The van der Waals surface area contributed by atoms with Gasteiger partial charge >= 0.3 is 0 Å². The van der Waals surface area contributed by atoms with Crippen LogP contribution in [0.15, 0.2) is 52.4 Å². The van der Waals surface area contributed by atoms with Crippen molar-refractivity contribution < 1.29 is 9.53 Å². The van der Waals surface area contributed by atoms with E-state index >= 15 is 0 Å². The highest BCUT2D eigenvalue weighted by atomic mass is 32.2. The zero-order chi connectivity index (χ0) is 21.8. The Kier molecular flexibility index (Phi) is 6.82. The van der Waals surface area contributed by atoms with E-state index in [2.05, 4.69) is 5.32 Å². The Morgan fingerprint density at radius 3 is 2.67 bits per heavy atom. The molecule has 158 valence electrons. The predicted octanol–water partition coefficient (Wildman–Crippen LogP) is 4.80. The lowest BCUT2D eigenvalue weighted by Crippen LogP contribution is -2.28. The average Bonchev–Trinajstić information content (AvgIpc) is 2.73. The van der Waals surface area contributed by atoms with Gasteiger partial charge in [-0.05, 0) is 57.0 Å². The second-order valence-corrected chi connectivity index (χ2v) is 8.60. The van der Waals surface area contributed by atoms with Gasteiger partial charge in [0.25, 0.3) is 5.56 Å². The van der Waals surface area contributed by atoms with Crippen LogP contribution < -0.4 is 15.6 Å². The molecular formula is C23H27N3O3S. The van der Waals surface area contributed by atoms with E-state index in [4.69, 9.17) is 9.72 Å². The minimum Gasteiger partial charge on any atom is -0.495 e. The molecule has 0 saturated heterocycles. The topological polar surface area (TPSA) is 73.2 Å². The highest BCUT2D eigenvalue weighted by molar-refractivity contribution is 8.00. The summed E-state index contributed by atoms with van der Waals surface area (Å²) in [5, 5.41) is 3.61. The number of aromatic nitrogens is 2. The number of aryl methyl sites for hydroxylation is 1. The van der Waals surface area contributed by atoms with Gasteiger partial charge in [0, 0.05) is 6.04 Å². The number of ether oxygens (including phenoxy) is 1. The summed E-state index contributed by atoms with van der Waals surface area (Å²) < 4.78 is 7.05. The Hall–Kier alpha value is -2.80. The number of anilines is 1. The molecule has 0 aliphatic heterocycles. The molecule has 0 aliphatic carbocycles. The molecule has 0 aliphatic rings. The van der Waals surface area contributed by atoms with E-state index in [1.165, 1.54) is 11.8 Å². The third-order valence-corrected chi connectivity index (χ3v) is 6.14. The zero-order valence-electron chi connectivity index (χ0n) is 17.9. The Morgan fingerprint density at radius 1 is 1.23 bits per heavy atom. The summed E-state index contributed by atoms with van der Waals surface area (Å²) in [6.07, 6.45) is 0.786. The molecule has 3 rings (SSSR count). The molecule has 6 nitrogen and oxygen atoms in total. The van der Waals surface area contributed by atoms with Crippen LogP contribution in [0, 0.1) is 6.92 Å². The van der Waals surface area contributed by atoms with E-state index in [9.17, 15) is 9.59 Å². The standard InChI is InChI=1S/C23H27N3O3S/c1-6-15(3)26-22(28)17-9-7-8-10-18(17)25-23(26)30-16(4)21(27)24-19-13-14(2)11-12-20(19)29-5/h7-13,15-16H,6H2,1-5H3,(H,24,27)/t15-,16-/m1/s1. The van der Waals surface area contributed by atoms with Crippen molar-refractivity contribution in [2.24, 2.45) is 0 Å². The van der Waals surface area contributed by atoms with Crippen LogP contribution in [-0.2, 0) is 4.79 Å². The van der Waals surface area contributed by atoms with Gasteiger partial charge in [0.15, 0.2) is 5.16 Å². The van der Waals surface area contributed by atoms with Crippen molar-refractivity contribution in [3.8, 4) is 5.75 Å². The number of benzene rings is 2. The van der Waals surface area contributed by atoms with E-state index in [-0.39, 0.29) is 17.5 Å². The smallest absolute Gasteiger partial charge is 0.262 e. The first-order valence-electron chi connectivity index (χ1n) is 9.99. The fourth-order valence-electron chi connectivity index (χ4n) is 3.15. The number of nitrogens with zero attached hydrogens (tertiary/aromatic N) is 2. The number of hydrogen-bond acceptors (Lipinski definition) is 5. The third-order valence-electron chi connectivity index (χ3n) is 5.07. The Labute approximate surface area is 180 Å². The first kappa shape index (κ1) is 21.9. The number of thioether (sulfide) groups is 1. The van der Waals surface area contributed by atoms with Crippen LogP contribution in [0.5, 0.6) is 5.75 Å². The van der Waals surface area contributed by atoms with Gasteiger partial charge in [-0.25, -0.2) is 4.98 Å². The Morgan fingerprint density at radius 2 is 1.97 bits per heavy atom. The summed E-state index contributed by atoms with van der Waals surface area (Å²) in [6, 6.07) is 12.9. The lowest BCUT2D eigenvalue weighted by molar-refractivity contribution is -0.115. The summed E-state index contributed by atoms with van der Waals surface area (Å²) in [5.41, 5.74) is 2.21. The van der Waals surface area contributed by atoms with Crippen molar-refractivity contribution in [1.29, 1.82) is 0 Å². The molecular weight excluding hydrogens is 398 g/mol. The molecule has 0 fully saturated rings. The van der Waals surface area contributed by atoms with Crippen molar-refractivity contribution in [3.05, 3.63) is 58.4 Å². The fraction of sp³-hybridized carbons (Fsp3) is 0.348. The number of rotatable bonds is 7. The molecule has 1 amide bonds. The molecule has 0 unspecified atom stereocenters. The van der Waals surface area contributed by atoms with Gasteiger partial charge in [0.2, 0.25) is 5.91 Å². The summed E-state index contributed by atoms with van der Waals surface area (Å²) >= 11 is 1.29. The van der Waals surface area contributed by atoms with E-state index in [1.807, 2.05) is 64.1 Å². The number of methoxy groups -OCH3 is 1. The minimum atomic E-state index is -0.460. The Bertz CT molecular complexity index is 1130. The van der Waals surface area contributed by atoms with Gasteiger partial charge < -0.3 is 10.1 Å². The van der Waals surface area contributed by atoms with Crippen LogP contribution in [0.2, 0.25) is 0 Å². The third kappa shape index (κ3) is 4.51. The van der Waals surface area contributed by atoms with Crippen molar-refractivity contribution in [2.45, 2.75) is 50.6 Å². The number of para-hydroxylation sites is 1. The molecule has 0 bridgehead atoms. The first-order chi connectivity index (χ1) is 14.3. The molecule has 2 aromatic carbocycles. The largest absolute Gasteiger partial charge is 0.495 e. The van der Waals surface area contributed by atoms with Gasteiger partial charge in [0.1, 0.15) is 5.75 Å². The van der Waals surface area contributed by atoms with Crippen LogP contribution in [0.25, 0.3) is 10.9 Å². The summed E-state index contributed by atoms with van der Waals surface area (Å²) in [7, 11) is 1.57. The van der Waals surface area contributed by atoms with Crippen LogP contribution in [-0.4, -0.2) is 27.8 Å². The summed E-state index contributed by atoms with van der Waals surface area (Å²) in [6.45, 7) is 7.78. The van der Waals surface area contributed by atoms with Gasteiger partial charge in [-0.3, -0.25) is 14.2 Å². The van der Waals surface area contributed by atoms with Crippen LogP contribution in [0.1, 0.15) is 38.8 Å².